The van der Waals surface area contributed by atoms with Gasteiger partial charge >= 0.3 is 0 Å². The molecule has 13 heavy (non-hydrogen) atoms. The van der Waals surface area contributed by atoms with E-state index in [9.17, 15) is 0 Å². The summed E-state index contributed by atoms with van der Waals surface area (Å²) in [4.78, 5) is 4.42. The Labute approximate surface area is 90.6 Å². The number of thiol groups is 1. The molecule has 0 fully saturated rings. The van der Waals surface area contributed by atoms with Gasteiger partial charge in [0.15, 0.2) is 0 Å². The minimum absolute atomic E-state index is 0.916. The number of nitrogens with zero attached hydrogens (tertiary/aromatic N) is 2. The molecule has 0 saturated carbocycles. The molecule has 2 rings (SSSR count). The van der Waals surface area contributed by atoms with Gasteiger partial charge in [0.25, 0.3) is 0 Å². The molecule has 0 aliphatic heterocycles. The van der Waals surface area contributed by atoms with Crippen molar-refractivity contribution in [3.05, 3.63) is 28.0 Å². The lowest BCUT2D eigenvalue weighted by molar-refractivity contribution is 1.12. The van der Waals surface area contributed by atoms with Gasteiger partial charge in [-0.3, -0.25) is 3.97 Å². The number of hydrogen-bond donors (Lipinski definition) is 1. The third-order valence-corrected chi connectivity index (χ3v) is 3.02. The number of imidazole rings is 1. The van der Waals surface area contributed by atoms with Crippen LogP contribution in [-0.2, 0) is 0 Å². The van der Waals surface area contributed by atoms with Crippen molar-refractivity contribution in [3.8, 4) is 0 Å². The molecule has 0 N–H and O–H groups in total. The second-order valence-electron chi connectivity index (χ2n) is 3.06. The van der Waals surface area contributed by atoms with Gasteiger partial charge in [-0.25, -0.2) is 4.98 Å². The summed E-state index contributed by atoms with van der Waals surface area (Å²) >= 11 is 7.79. The Hall–Kier alpha value is -0.480. The molecular weight excluding hydrogens is 248 g/mol. The van der Waals surface area contributed by atoms with Gasteiger partial charge in [0, 0.05) is 4.47 Å². The number of aromatic nitrogens is 2. The van der Waals surface area contributed by atoms with Gasteiger partial charge in [0.1, 0.15) is 5.82 Å². The summed E-state index contributed by atoms with van der Waals surface area (Å²) in [7, 11) is 0. The molecule has 1 heterocycles. The highest BCUT2D eigenvalue weighted by atomic mass is 79.9. The van der Waals surface area contributed by atoms with Gasteiger partial charge in [-0.15, -0.1) is 0 Å². The summed E-state index contributed by atoms with van der Waals surface area (Å²) in [6.45, 7) is 3.99. The predicted molar refractivity (Wildman–Crippen MR) is 61.3 cm³/mol. The van der Waals surface area contributed by atoms with Crippen molar-refractivity contribution >= 4 is 39.8 Å². The van der Waals surface area contributed by atoms with Gasteiger partial charge in [0.05, 0.1) is 11.0 Å². The van der Waals surface area contributed by atoms with Crippen LogP contribution in [0.3, 0.4) is 0 Å². The minimum atomic E-state index is 0.916. The molecule has 68 valence electrons. The van der Waals surface area contributed by atoms with Crippen molar-refractivity contribution in [2.75, 3.05) is 0 Å². The fraction of sp³-hybridized carbons (Fsp3) is 0.222. The maximum Gasteiger partial charge on any atom is 0.116 e. The largest absolute Gasteiger partial charge is 0.272 e. The Morgan fingerprint density at radius 1 is 1.38 bits per heavy atom. The first-order valence-corrected chi connectivity index (χ1v) is 5.13. The minimum Gasteiger partial charge on any atom is -0.272 e. The van der Waals surface area contributed by atoms with E-state index in [1.165, 1.54) is 5.56 Å². The lowest BCUT2D eigenvalue weighted by Gasteiger charge is -1.98. The normalized spacial score (nSPS) is 11.1. The number of fused-ring (bicyclic) bond motifs is 1. The highest BCUT2D eigenvalue weighted by molar-refractivity contribution is 9.10. The number of hydrogen-bond acceptors (Lipinski definition) is 2. The average Bonchev–Trinajstić information content (AvgIpc) is 2.32. The van der Waals surface area contributed by atoms with Crippen LogP contribution in [0.5, 0.6) is 0 Å². The van der Waals surface area contributed by atoms with E-state index >= 15 is 0 Å². The van der Waals surface area contributed by atoms with E-state index in [1.807, 2.05) is 19.9 Å². The second kappa shape index (κ2) is 3.03. The van der Waals surface area contributed by atoms with Crippen molar-refractivity contribution in [2.24, 2.45) is 0 Å². The van der Waals surface area contributed by atoms with E-state index in [0.29, 0.717) is 0 Å². The fourth-order valence-electron chi connectivity index (χ4n) is 1.41. The number of rotatable bonds is 0. The zero-order valence-electron chi connectivity index (χ0n) is 7.37. The molecule has 0 aliphatic carbocycles. The first-order valence-electron chi connectivity index (χ1n) is 3.94. The van der Waals surface area contributed by atoms with E-state index in [1.54, 1.807) is 3.97 Å². The maximum atomic E-state index is 4.42. The van der Waals surface area contributed by atoms with Crippen molar-refractivity contribution in [3.63, 3.8) is 0 Å². The molecule has 0 saturated heterocycles. The number of aryl methyl sites for hydroxylation is 2. The van der Waals surface area contributed by atoms with Crippen LogP contribution in [0.1, 0.15) is 11.4 Å². The fourth-order valence-corrected chi connectivity index (χ4v) is 2.17. The third-order valence-electron chi connectivity index (χ3n) is 2.05. The molecule has 0 amide bonds. The smallest absolute Gasteiger partial charge is 0.116 e. The average molecular weight is 257 g/mol. The quantitative estimate of drug-likeness (QED) is 0.718. The summed E-state index contributed by atoms with van der Waals surface area (Å²) in [5.41, 5.74) is 3.24. The van der Waals surface area contributed by atoms with Crippen molar-refractivity contribution in [1.82, 2.24) is 8.96 Å². The molecular formula is C9H9BrN2S. The molecule has 0 bridgehead atoms. The van der Waals surface area contributed by atoms with E-state index in [4.69, 9.17) is 0 Å². The SMILES string of the molecule is Cc1cc(Br)cc2c1nc(C)n2S. The van der Waals surface area contributed by atoms with Crippen molar-refractivity contribution < 1.29 is 0 Å². The Morgan fingerprint density at radius 3 is 2.77 bits per heavy atom. The molecule has 0 unspecified atom stereocenters. The lowest BCUT2D eigenvalue weighted by Crippen LogP contribution is -1.82. The second-order valence-corrected chi connectivity index (χ2v) is 4.38. The first-order chi connectivity index (χ1) is 6.09. The maximum absolute atomic E-state index is 4.42. The molecule has 0 atom stereocenters. The molecule has 0 aliphatic rings. The van der Waals surface area contributed by atoms with Crippen LogP contribution in [0.4, 0.5) is 0 Å². The van der Waals surface area contributed by atoms with Gasteiger partial charge in [-0.1, -0.05) is 28.7 Å². The third kappa shape index (κ3) is 1.38. The summed E-state index contributed by atoms with van der Waals surface area (Å²) in [5, 5.41) is 0. The molecule has 1 aromatic carbocycles. The molecule has 2 aromatic rings. The van der Waals surface area contributed by atoms with Gasteiger partial charge in [0.2, 0.25) is 0 Å². The monoisotopic (exact) mass is 256 g/mol. The predicted octanol–water partition coefficient (Wildman–Crippen LogP) is 3.11. The van der Waals surface area contributed by atoms with E-state index in [2.05, 4.69) is 39.8 Å². The van der Waals surface area contributed by atoms with Crippen LogP contribution in [0, 0.1) is 13.8 Å². The standard InChI is InChI=1S/C9H9BrN2S/c1-5-3-7(10)4-8-9(5)11-6(2)12(8)13/h3-4,13H,1-2H3. The van der Waals surface area contributed by atoms with Crippen LogP contribution in [-0.4, -0.2) is 8.96 Å². The summed E-state index contributed by atoms with van der Waals surface area (Å²) in [6.07, 6.45) is 0. The Balaban J connectivity index is 2.94. The highest BCUT2D eigenvalue weighted by Crippen LogP contribution is 2.24. The van der Waals surface area contributed by atoms with Crippen LogP contribution in [0.15, 0.2) is 16.6 Å². The Bertz CT molecular complexity index is 476. The van der Waals surface area contributed by atoms with E-state index in [0.717, 1.165) is 21.3 Å². The number of benzene rings is 1. The van der Waals surface area contributed by atoms with Crippen molar-refractivity contribution in [1.29, 1.82) is 0 Å². The molecule has 1 aromatic heterocycles. The van der Waals surface area contributed by atoms with E-state index < -0.39 is 0 Å². The summed E-state index contributed by atoms with van der Waals surface area (Å²) in [6, 6.07) is 4.08. The van der Waals surface area contributed by atoms with Gasteiger partial charge in [-0.05, 0) is 31.5 Å². The van der Waals surface area contributed by atoms with Gasteiger partial charge in [-0.2, -0.15) is 0 Å². The molecule has 4 heteroatoms. The Kier molecular flexibility index (Phi) is 2.12. The van der Waals surface area contributed by atoms with E-state index in [-0.39, 0.29) is 0 Å². The first kappa shape index (κ1) is 9.09. The molecule has 2 nitrogen and oxygen atoms in total. The van der Waals surface area contributed by atoms with Crippen LogP contribution in [0.2, 0.25) is 0 Å². The zero-order valence-corrected chi connectivity index (χ0v) is 9.85. The van der Waals surface area contributed by atoms with Crippen LogP contribution >= 0.6 is 28.7 Å². The summed E-state index contributed by atoms with van der Waals surface area (Å²) in [5.74, 6) is 0.916. The van der Waals surface area contributed by atoms with Gasteiger partial charge < -0.3 is 0 Å². The topological polar surface area (TPSA) is 17.8 Å². The van der Waals surface area contributed by atoms with Crippen LogP contribution < -0.4 is 0 Å². The zero-order chi connectivity index (χ0) is 9.59. The number of halogens is 1. The lowest BCUT2D eigenvalue weighted by atomic mass is 10.2. The Morgan fingerprint density at radius 2 is 2.08 bits per heavy atom. The molecule has 0 spiro atoms. The molecule has 0 radical (unpaired) electrons. The van der Waals surface area contributed by atoms with Crippen LogP contribution in [0.25, 0.3) is 11.0 Å². The highest BCUT2D eigenvalue weighted by Gasteiger charge is 2.07. The summed E-state index contributed by atoms with van der Waals surface area (Å²) < 4.78 is 2.86. The van der Waals surface area contributed by atoms with Crippen molar-refractivity contribution in [2.45, 2.75) is 13.8 Å².